The second-order valence-corrected chi connectivity index (χ2v) is 6.74. The van der Waals surface area contributed by atoms with Crippen molar-refractivity contribution in [2.75, 3.05) is 5.32 Å². The van der Waals surface area contributed by atoms with Crippen LogP contribution in [0.2, 0.25) is 0 Å². The molecule has 0 aliphatic heterocycles. The van der Waals surface area contributed by atoms with Crippen molar-refractivity contribution in [2.45, 2.75) is 4.90 Å². The number of hydrogen-bond acceptors (Lipinski definition) is 2. The Morgan fingerprint density at radius 3 is 2.08 bits per heavy atom. The lowest BCUT2D eigenvalue weighted by molar-refractivity contribution is -0.361. The predicted molar refractivity (Wildman–Crippen MR) is 91.8 cm³/mol. The first-order valence-electron chi connectivity index (χ1n) is 7.39. The van der Waals surface area contributed by atoms with E-state index in [0.29, 0.717) is 11.7 Å². The highest BCUT2D eigenvalue weighted by Gasteiger charge is 2.20. The molecule has 0 spiro atoms. The summed E-state index contributed by atoms with van der Waals surface area (Å²) >= 11 is 0. The van der Waals surface area contributed by atoms with Crippen LogP contribution in [0, 0.1) is 0 Å². The molecule has 2 aromatic carbocycles. The molecule has 6 heteroatoms. The van der Waals surface area contributed by atoms with Crippen molar-refractivity contribution >= 4 is 21.7 Å². The number of anilines is 1. The molecule has 5 nitrogen and oxygen atoms in total. The second-order valence-electron chi connectivity index (χ2n) is 5.06. The molecule has 3 aromatic rings. The number of sulfonamides is 1. The molecule has 0 saturated carbocycles. The quantitative estimate of drug-likeness (QED) is 0.546. The van der Waals surface area contributed by atoms with E-state index in [1.165, 1.54) is 0 Å². The summed E-state index contributed by atoms with van der Waals surface area (Å²) in [5, 5.41) is 3.09. The normalized spacial score (nSPS) is 11.9. The van der Waals surface area contributed by atoms with Gasteiger partial charge in [-0.2, -0.15) is 12.8 Å². The number of benzene rings is 2. The van der Waals surface area contributed by atoms with Gasteiger partial charge in [-0.25, -0.2) is 10.3 Å². The van der Waals surface area contributed by atoms with Gasteiger partial charge in [-0.05, 0) is 30.3 Å². The summed E-state index contributed by atoms with van der Waals surface area (Å²) in [5.41, 5.74) is 0.731. The predicted octanol–water partition coefficient (Wildman–Crippen LogP) is 0.829. The fourth-order valence-corrected chi connectivity index (χ4v) is 3.23. The Morgan fingerprint density at radius 2 is 1.46 bits per heavy atom. The largest absolute Gasteiger partial charge is 0.328 e. The van der Waals surface area contributed by atoms with Crippen LogP contribution in [0.15, 0.2) is 90.0 Å². The summed E-state index contributed by atoms with van der Waals surface area (Å²) in [4.78, 5) is 3.23. The van der Waals surface area contributed by atoms with Gasteiger partial charge in [-0.3, -0.25) is 0 Å². The van der Waals surface area contributed by atoms with Gasteiger partial charge in [-0.1, -0.05) is 42.5 Å². The third-order valence-electron chi connectivity index (χ3n) is 3.32. The molecule has 0 bridgehead atoms. The Balaban J connectivity index is 2.04. The first-order valence-corrected chi connectivity index (χ1v) is 8.87. The molecule has 0 radical (unpaired) electrons. The highest BCUT2D eigenvalue weighted by atomic mass is 32.2. The SMILES string of the molecule is O=S(=O)([NH+]=C(Nc1cccc[nH+]1)c1ccccc1)c1ccccc1. The van der Waals surface area contributed by atoms with E-state index in [2.05, 4.69) is 14.7 Å². The maximum Gasteiger partial charge on any atom is 0.328 e. The van der Waals surface area contributed by atoms with Crippen LogP contribution < -0.4 is 14.7 Å². The van der Waals surface area contributed by atoms with Crippen LogP contribution in [0.25, 0.3) is 0 Å². The van der Waals surface area contributed by atoms with Crippen molar-refractivity contribution in [3.63, 3.8) is 0 Å². The zero-order valence-electron chi connectivity index (χ0n) is 12.8. The maximum atomic E-state index is 12.6. The van der Waals surface area contributed by atoms with E-state index < -0.39 is 10.0 Å². The Hall–Kier alpha value is -2.99. The standard InChI is InChI=1S/C18H15N3O2S/c22-24(23,16-11-5-2-6-12-16)21-18(15-9-3-1-4-10-15)20-17-13-7-8-14-19-17/h1-14H,(H,19,20,21)/p+2. The molecule has 0 aliphatic rings. The first-order chi connectivity index (χ1) is 11.6. The number of aromatic nitrogens is 1. The third kappa shape index (κ3) is 3.85. The lowest BCUT2D eigenvalue weighted by atomic mass is 10.2. The van der Waals surface area contributed by atoms with Crippen molar-refractivity contribution in [1.29, 1.82) is 0 Å². The maximum absolute atomic E-state index is 12.6. The molecular weight excluding hydrogens is 322 g/mol. The topological polar surface area (TPSA) is 74.3 Å². The highest BCUT2D eigenvalue weighted by Crippen LogP contribution is 2.05. The van der Waals surface area contributed by atoms with E-state index >= 15 is 0 Å². The Bertz CT molecular complexity index is 926. The summed E-state index contributed by atoms with van der Waals surface area (Å²) in [7, 11) is -3.69. The number of pyridine rings is 1. The van der Waals surface area contributed by atoms with Crippen molar-refractivity contribution in [3.05, 3.63) is 90.6 Å². The second kappa shape index (κ2) is 7.06. The van der Waals surface area contributed by atoms with Crippen molar-refractivity contribution in [3.8, 4) is 0 Å². The first kappa shape index (κ1) is 15.9. The fourth-order valence-electron chi connectivity index (χ4n) is 2.16. The van der Waals surface area contributed by atoms with Gasteiger partial charge in [0.05, 0.1) is 11.8 Å². The zero-order valence-corrected chi connectivity index (χ0v) is 13.6. The van der Waals surface area contributed by atoms with E-state index in [9.17, 15) is 8.42 Å². The van der Waals surface area contributed by atoms with E-state index in [-0.39, 0.29) is 4.90 Å². The number of rotatable bonds is 4. The van der Waals surface area contributed by atoms with E-state index in [1.807, 2.05) is 48.5 Å². The average Bonchev–Trinajstić information content (AvgIpc) is 2.63. The molecule has 1 heterocycles. The Morgan fingerprint density at radius 1 is 0.833 bits per heavy atom. The van der Waals surface area contributed by atoms with Gasteiger partial charge in [0.1, 0.15) is 4.90 Å². The summed E-state index contributed by atoms with van der Waals surface area (Å²) < 4.78 is 27.9. The van der Waals surface area contributed by atoms with Gasteiger partial charge in [0, 0.05) is 6.07 Å². The number of H-pyrrole nitrogens is 1. The molecule has 3 rings (SSSR count). The minimum atomic E-state index is -3.69. The number of aromatic amines is 1. The number of hydrogen-bond donors (Lipinski definition) is 2. The molecule has 0 aliphatic carbocycles. The van der Waals surface area contributed by atoms with Gasteiger partial charge in [0.2, 0.25) is 0 Å². The third-order valence-corrected chi connectivity index (χ3v) is 4.69. The summed E-state index contributed by atoms with van der Waals surface area (Å²) in [6, 6.07) is 23.0. The Kier molecular flexibility index (Phi) is 4.67. The minimum absolute atomic E-state index is 0.206. The number of amidine groups is 1. The minimum Gasteiger partial charge on any atom is -0.247 e. The van der Waals surface area contributed by atoms with Crippen LogP contribution in [0.4, 0.5) is 5.82 Å². The van der Waals surface area contributed by atoms with Gasteiger partial charge >= 0.3 is 10.0 Å². The molecule has 0 fully saturated rings. The van der Waals surface area contributed by atoms with Crippen LogP contribution >= 0.6 is 0 Å². The van der Waals surface area contributed by atoms with Crippen LogP contribution in [0.5, 0.6) is 0 Å². The smallest absolute Gasteiger partial charge is 0.247 e. The summed E-state index contributed by atoms with van der Waals surface area (Å²) in [6.07, 6.45) is 1.76. The van der Waals surface area contributed by atoms with Crippen LogP contribution in [-0.2, 0) is 10.0 Å². The molecule has 1 aromatic heterocycles. The van der Waals surface area contributed by atoms with Gasteiger partial charge in [0.15, 0.2) is 0 Å². The molecule has 24 heavy (non-hydrogen) atoms. The molecular formula is C18H17N3O2S+2. The van der Waals surface area contributed by atoms with Gasteiger partial charge in [0.25, 0.3) is 11.7 Å². The van der Waals surface area contributed by atoms with E-state index in [1.54, 1.807) is 36.5 Å². The van der Waals surface area contributed by atoms with Gasteiger partial charge in [-0.15, -0.1) is 0 Å². The summed E-state index contributed by atoms with van der Waals surface area (Å²) in [6.45, 7) is 0. The fraction of sp³-hybridized carbons (Fsp3) is 0. The van der Waals surface area contributed by atoms with Crippen LogP contribution in [-0.4, -0.2) is 14.3 Å². The zero-order chi connectivity index (χ0) is 16.8. The monoisotopic (exact) mass is 339 g/mol. The molecule has 120 valence electrons. The molecule has 0 amide bonds. The van der Waals surface area contributed by atoms with E-state index in [0.717, 1.165) is 5.56 Å². The molecule has 0 saturated heterocycles. The summed E-state index contributed by atoms with van der Waals surface area (Å²) in [5.74, 6) is 1.05. The van der Waals surface area contributed by atoms with Crippen molar-refractivity contribution in [2.24, 2.45) is 0 Å². The average molecular weight is 339 g/mol. The number of nitrogens with one attached hydrogen (secondary N) is 3. The lowest BCUT2D eigenvalue weighted by Crippen LogP contribution is -2.78. The molecule has 0 atom stereocenters. The van der Waals surface area contributed by atoms with Crippen molar-refractivity contribution in [1.82, 2.24) is 0 Å². The van der Waals surface area contributed by atoms with Crippen molar-refractivity contribution < 1.29 is 17.8 Å². The van der Waals surface area contributed by atoms with Crippen LogP contribution in [0.1, 0.15) is 5.56 Å². The molecule has 3 N–H and O–H groups in total. The Labute approximate surface area is 140 Å². The van der Waals surface area contributed by atoms with Crippen LogP contribution in [0.3, 0.4) is 0 Å². The highest BCUT2D eigenvalue weighted by molar-refractivity contribution is 7.84. The molecule has 0 unspecified atom stereocenters. The van der Waals surface area contributed by atoms with E-state index in [4.69, 9.17) is 0 Å². The van der Waals surface area contributed by atoms with Gasteiger partial charge < -0.3 is 0 Å². The lowest BCUT2D eigenvalue weighted by Gasteiger charge is -2.03.